The Hall–Kier alpha value is -1.25. The van der Waals surface area contributed by atoms with Gasteiger partial charge in [0, 0.05) is 5.70 Å². The molecule has 1 amide bonds. The molecule has 14 heavy (non-hydrogen) atoms. The maximum Gasteiger partial charge on any atom is 0.411 e. The predicted octanol–water partition coefficient (Wildman–Crippen LogP) is 2.99. The summed E-state index contributed by atoms with van der Waals surface area (Å²) < 4.78 is 4.47. The minimum atomic E-state index is -0.410. The van der Waals surface area contributed by atoms with Crippen LogP contribution in [-0.2, 0) is 4.74 Å². The summed E-state index contributed by atoms with van der Waals surface area (Å²) in [5, 5.41) is 2.62. The zero-order valence-corrected chi connectivity index (χ0v) is 9.39. The zero-order chi connectivity index (χ0) is 11.0. The smallest absolute Gasteiger partial charge is 0.411 e. The first-order valence-electron chi connectivity index (χ1n) is 4.94. The molecule has 0 aromatic heterocycles. The molecule has 0 saturated carbocycles. The van der Waals surface area contributed by atoms with Crippen LogP contribution in [0.3, 0.4) is 0 Å². The number of methoxy groups -OCH3 is 1. The molecule has 0 spiro atoms. The maximum absolute atomic E-state index is 10.8. The highest BCUT2D eigenvalue weighted by Crippen LogP contribution is 2.14. The normalized spacial score (nSPS) is 14.3. The lowest BCUT2D eigenvalue weighted by molar-refractivity contribution is 0.174. The first-order chi connectivity index (χ1) is 6.72. The summed E-state index contributed by atoms with van der Waals surface area (Å²) in [6.45, 7) is 6.05. The molecule has 0 fully saturated rings. The summed E-state index contributed by atoms with van der Waals surface area (Å²) in [5.74, 6) is 0. The molecule has 0 aromatic carbocycles. The number of allylic oxidation sites excluding steroid dienone is 3. The Bertz CT molecular complexity index is 242. The Morgan fingerprint density at radius 3 is 2.64 bits per heavy atom. The van der Waals surface area contributed by atoms with Gasteiger partial charge in [0.25, 0.3) is 0 Å². The van der Waals surface area contributed by atoms with Gasteiger partial charge in [0.1, 0.15) is 0 Å². The van der Waals surface area contributed by atoms with Crippen LogP contribution in [0.15, 0.2) is 23.4 Å². The van der Waals surface area contributed by atoms with E-state index in [1.807, 2.05) is 32.9 Å². The molecule has 1 N–H and O–H groups in total. The van der Waals surface area contributed by atoms with E-state index in [1.54, 1.807) is 0 Å². The molecule has 0 aromatic rings. The van der Waals surface area contributed by atoms with Crippen molar-refractivity contribution in [1.29, 1.82) is 0 Å². The first kappa shape index (κ1) is 12.8. The summed E-state index contributed by atoms with van der Waals surface area (Å²) in [6, 6.07) is 0. The topological polar surface area (TPSA) is 38.3 Å². The van der Waals surface area contributed by atoms with Crippen LogP contribution < -0.4 is 5.32 Å². The van der Waals surface area contributed by atoms with Crippen LogP contribution in [0.5, 0.6) is 0 Å². The maximum atomic E-state index is 10.8. The lowest BCUT2D eigenvalue weighted by atomic mass is 10.1. The monoisotopic (exact) mass is 197 g/mol. The van der Waals surface area contributed by atoms with Crippen molar-refractivity contribution in [2.24, 2.45) is 0 Å². The van der Waals surface area contributed by atoms with Gasteiger partial charge >= 0.3 is 6.09 Å². The summed E-state index contributed by atoms with van der Waals surface area (Å²) in [5.41, 5.74) is 2.12. The number of carbonyl (C=O) groups excluding carboxylic acids is 1. The van der Waals surface area contributed by atoms with E-state index in [0.717, 1.165) is 18.5 Å². The number of carbonyl (C=O) groups is 1. The minimum Gasteiger partial charge on any atom is -0.453 e. The number of nitrogens with one attached hydrogen (secondary N) is 1. The molecule has 1 rings (SSSR count). The van der Waals surface area contributed by atoms with E-state index in [1.165, 1.54) is 12.7 Å². The van der Waals surface area contributed by atoms with Gasteiger partial charge in [-0.25, -0.2) is 4.79 Å². The fourth-order valence-electron chi connectivity index (χ4n) is 1.11. The molecule has 0 atom stereocenters. The van der Waals surface area contributed by atoms with Crippen LogP contribution >= 0.6 is 0 Å². The van der Waals surface area contributed by atoms with Crippen LogP contribution in [0.1, 0.15) is 33.6 Å². The highest BCUT2D eigenvalue weighted by molar-refractivity contribution is 5.70. The average molecular weight is 197 g/mol. The third-order valence-corrected chi connectivity index (χ3v) is 1.74. The van der Waals surface area contributed by atoms with Crippen LogP contribution in [0.4, 0.5) is 4.79 Å². The molecule has 80 valence electrons. The lowest BCUT2D eigenvalue weighted by Gasteiger charge is -2.10. The van der Waals surface area contributed by atoms with E-state index < -0.39 is 6.09 Å². The van der Waals surface area contributed by atoms with Crippen molar-refractivity contribution in [3.63, 3.8) is 0 Å². The molecule has 0 aliphatic heterocycles. The van der Waals surface area contributed by atoms with Crippen LogP contribution in [0.25, 0.3) is 0 Å². The molecule has 1 aliphatic rings. The van der Waals surface area contributed by atoms with E-state index in [-0.39, 0.29) is 0 Å². The third kappa shape index (κ3) is 4.70. The first-order valence-corrected chi connectivity index (χ1v) is 4.94. The molecular weight excluding hydrogens is 178 g/mol. The molecule has 0 heterocycles. The Morgan fingerprint density at radius 2 is 2.14 bits per heavy atom. The van der Waals surface area contributed by atoms with Crippen molar-refractivity contribution in [3.05, 3.63) is 23.4 Å². The fraction of sp³-hybridized carbons (Fsp3) is 0.545. The number of alkyl carbamates (subject to hydrolysis) is 1. The highest BCUT2D eigenvalue weighted by Gasteiger charge is 2.04. The van der Waals surface area contributed by atoms with Gasteiger partial charge in [-0.2, -0.15) is 0 Å². The Morgan fingerprint density at radius 1 is 1.50 bits per heavy atom. The van der Waals surface area contributed by atoms with Gasteiger partial charge in [-0.1, -0.05) is 25.5 Å². The largest absolute Gasteiger partial charge is 0.453 e. The number of rotatable bonds is 1. The Balaban J connectivity index is 0.000000791. The van der Waals surface area contributed by atoms with Crippen molar-refractivity contribution in [2.75, 3.05) is 7.11 Å². The van der Waals surface area contributed by atoms with Crippen LogP contribution in [-0.4, -0.2) is 13.2 Å². The van der Waals surface area contributed by atoms with E-state index in [2.05, 4.69) is 10.1 Å². The van der Waals surface area contributed by atoms with E-state index >= 15 is 0 Å². The van der Waals surface area contributed by atoms with E-state index in [0.29, 0.717) is 0 Å². The summed E-state index contributed by atoms with van der Waals surface area (Å²) in [7, 11) is 1.36. The van der Waals surface area contributed by atoms with Gasteiger partial charge in [0.15, 0.2) is 0 Å². The van der Waals surface area contributed by atoms with E-state index in [9.17, 15) is 4.79 Å². The van der Waals surface area contributed by atoms with Crippen LogP contribution in [0.2, 0.25) is 0 Å². The van der Waals surface area contributed by atoms with Crippen LogP contribution in [0, 0.1) is 0 Å². The predicted molar refractivity (Wildman–Crippen MR) is 58.0 cm³/mol. The SMILES string of the molecule is CC.COC(=O)NC1=CCCC(C)=C1. The molecule has 1 aliphatic carbocycles. The van der Waals surface area contributed by atoms with Gasteiger partial charge in [0.05, 0.1) is 7.11 Å². The molecule has 0 saturated heterocycles. The quantitative estimate of drug-likeness (QED) is 0.701. The minimum absolute atomic E-state index is 0.410. The Labute approximate surface area is 85.8 Å². The second-order valence-electron chi connectivity index (χ2n) is 2.81. The van der Waals surface area contributed by atoms with Gasteiger partial charge in [-0.3, -0.25) is 5.32 Å². The summed E-state index contributed by atoms with van der Waals surface area (Å²) in [6.07, 6.45) is 5.60. The number of amides is 1. The second kappa shape index (κ2) is 7.18. The zero-order valence-electron chi connectivity index (χ0n) is 9.39. The molecule has 0 bridgehead atoms. The molecule has 0 unspecified atom stereocenters. The summed E-state index contributed by atoms with van der Waals surface area (Å²) >= 11 is 0. The van der Waals surface area contributed by atoms with Crippen molar-refractivity contribution >= 4 is 6.09 Å². The molecular formula is C11H19NO2. The number of ether oxygens (including phenoxy) is 1. The highest BCUT2D eigenvalue weighted by atomic mass is 16.5. The molecule has 0 radical (unpaired) electrons. The second-order valence-corrected chi connectivity index (χ2v) is 2.81. The van der Waals surface area contributed by atoms with Crippen molar-refractivity contribution in [3.8, 4) is 0 Å². The number of hydrogen-bond acceptors (Lipinski definition) is 2. The lowest BCUT2D eigenvalue weighted by Crippen LogP contribution is -2.22. The summed E-state index contributed by atoms with van der Waals surface area (Å²) in [4.78, 5) is 10.8. The fourth-order valence-corrected chi connectivity index (χ4v) is 1.11. The van der Waals surface area contributed by atoms with Gasteiger partial charge in [0.2, 0.25) is 0 Å². The molecule has 3 heteroatoms. The van der Waals surface area contributed by atoms with Crippen molar-refractivity contribution in [2.45, 2.75) is 33.6 Å². The van der Waals surface area contributed by atoms with Gasteiger partial charge < -0.3 is 4.74 Å². The van der Waals surface area contributed by atoms with E-state index in [4.69, 9.17) is 0 Å². The number of hydrogen-bond donors (Lipinski definition) is 1. The Kier molecular flexibility index (Phi) is 6.54. The average Bonchev–Trinajstić information content (AvgIpc) is 2.21. The van der Waals surface area contributed by atoms with Crippen molar-refractivity contribution < 1.29 is 9.53 Å². The third-order valence-electron chi connectivity index (χ3n) is 1.74. The standard InChI is InChI=1S/C9H13NO2.C2H6/c1-7-4-3-5-8(6-7)10-9(11)12-2;1-2/h5-6H,3-4H2,1-2H3,(H,10,11);1-2H3. The van der Waals surface area contributed by atoms with Gasteiger partial charge in [-0.15, -0.1) is 0 Å². The molecule has 3 nitrogen and oxygen atoms in total. The van der Waals surface area contributed by atoms with Crippen molar-refractivity contribution in [1.82, 2.24) is 5.32 Å². The van der Waals surface area contributed by atoms with Gasteiger partial charge in [-0.05, 0) is 25.8 Å².